The van der Waals surface area contributed by atoms with Crippen LogP contribution >= 0.6 is 0 Å². The molecule has 2 aromatic rings. The zero-order valence-corrected chi connectivity index (χ0v) is 18.6. The summed E-state index contributed by atoms with van der Waals surface area (Å²) in [6.45, 7) is 2.83. The lowest BCUT2D eigenvalue weighted by molar-refractivity contribution is -0.384. The Kier molecular flexibility index (Phi) is 7.18. The van der Waals surface area contributed by atoms with Crippen molar-refractivity contribution in [1.82, 2.24) is 5.32 Å². The molecule has 0 aliphatic carbocycles. The van der Waals surface area contributed by atoms with Crippen molar-refractivity contribution in [2.24, 2.45) is 0 Å². The minimum absolute atomic E-state index is 0.0197. The van der Waals surface area contributed by atoms with Gasteiger partial charge in [-0.05, 0) is 37.1 Å². The van der Waals surface area contributed by atoms with Gasteiger partial charge in [0.15, 0.2) is 11.5 Å². The van der Waals surface area contributed by atoms with Gasteiger partial charge in [0, 0.05) is 25.1 Å². The first-order valence-electron chi connectivity index (χ1n) is 10.1. The number of non-ortho nitro benzene ring substituents is 1. The van der Waals surface area contributed by atoms with E-state index in [4.69, 9.17) is 9.47 Å². The molecule has 0 fully saturated rings. The summed E-state index contributed by atoms with van der Waals surface area (Å²) in [6, 6.07) is 10.6. The standard InChI is InChI=1S/C21H25N3O7S/c1-15(16-8-9-19-20(13-16)31-12-11-30-19)22-21(25)7-4-10-23(32(2,28)29)17-5-3-6-18(14-17)24(26)27/h3,5-6,8-9,13-15H,4,7,10-12H2,1-2H3,(H,22,25). The van der Waals surface area contributed by atoms with Crippen LogP contribution < -0.4 is 19.1 Å². The van der Waals surface area contributed by atoms with Crippen LogP contribution in [-0.2, 0) is 14.8 Å². The molecule has 0 spiro atoms. The van der Waals surface area contributed by atoms with Gasteiger partial charge in [-0.15, -0.1) is 0 Å². The summed E-state index contributed by atoms with van der Waals surface area (Å²) in [6.07, 6.45) is 1.36. The minimum atomic E-state index is -3.68. The molecule has 1 amide bonds. The summed E-state index contributed by atoms with van der Waals surface area (Å²) >= 11 is 0. The molecule has 1 aliphatic heterocycles. The van der Waals surface area contributed by atoms with Crippen molar-refractivity contribution in [3.63, 3.8) is 0 Å². The largest absolute Gasteiger partial charge is 0.486 e. The monoisotopic (exact) mass is 463 g/mol. The molecule has 0 aromatic heterocycles. The number of ether oxygens (including phenoxy) is 2. The average molecular weight is 464 g/mol. The van der Waals surface area contributed by atoms with Gasteiger partial charge in [-0.1, -0.05) is 12.1 Å². The lowest BCUT2D eigenvalue weighted by atomic mass is 10.1. The second-order valence-corrected chi connectivity index (χ2v) is 9.31. The van der Waals surface area contributed by atoms with Crippen LogP contribution in [0.15, 0.2) is 42.5 Å². The molecule has 1 N–H and O–H groups in total. The van der Waals surface area contributed by atoms with E-state index in [9.17, 15) is 23.3 Å². The number of hydrogen-bond acceptors (Lipinski definition) is 7. The lowest BCUT2D eigenvalue weighted by Crippen LogP contribution is -2.32. The number of sulfonamides is 1. The summed E-state index contributed by atoms with van der Waals surface area (Å²) in [7, 11) is -3.68. The Morgan fingerprint density at radius 1 is 1.19 bits per heavy atom. The highest BCUT2D eigenvalue weighted by atomic mass is 32.2. The van der Waals surface area contributed by atoms with Crippen molar-refractivity contribution in [1.29, 1.82) is 0 Å². The van der Waals surface area contributed by atoms with Crippen molar-refractivity contribution in [2.45, 2.75) is 25.8 Å². The van der Waals surface area contributed by atoms with E-state index in [1.807, 2.05) is 19.1 Å². The number of carbonyl (C=O) groups excluding carboxylic acids is 1. The Labute approximate surface area is 186 Å². The Morgan fingerprint density at radius 3 is 2.59 bits per heavy atom. The van der Waals surface area contributed by atoms with Gasteiger partial charge < -0.3 is 14.8 Å². The topological polar surface area (TPSA) is 128 Å². The number of nitro benzene ring substituents is 1. The second kappa shape index (κ2) is 9.86. The third kappa shape index (κ3) is 5.88. The molecular formula is C21H25N3O7S. The maximum atomic E-state index is 12.4. The van der Waals surface area contributed by atoms with E-state index in [1.165, 1.54) is 24.3 Å². The van der Waals surface area contributed by atoms with Gasteiger partial charge in [0.05, 0.1) is 22.9 Å². The van der Waals surface area contributed by atoms with Gasteiger partial charge in [0.1, 0.15) is 13.2 Å². The molecule has 1 aliphatic rings. The second-order valence-electron chi connectivity index (χ2n) is 7.41. The predicted octanol–water partition coefficient (Wildman–Crippen LogP) is 2.79. The highest BCUT2D eigenvalue weighted by Crippen LogP contribution is 2.32. The molecule has 10 nitrogen and oxygen atoms in total. The van der Waals surface area contributed by atoms with Crippen LogP contribution in [0, 0.1) is 10.1 Å². The van der Waals surface area contributed by atoms with E-state index in [0.29, 0.717) is 24.7 Å². The van der Waals surface area contributed by atoms with Crippen molar-refractivity contribution < 1.29 is 27.6 Å². The number of hydrogen-bond donors (Lipinski definition) is 1. The Bertz CT molecular complexity index is 1100. The van der Waals surface area contributed by atoms with Crippen LogP contribution in [0.1, 0.15) is 31.4 Å². The Balaban J connectivity index is 1.58. The van der Waals surface area contributed by atoms with Crippen LogP contribution in [0.4, 0.5) is 11.4 Å². The highest BCUT2D eigenvalue weighted by molar-refractivity contribution is 7.92. The van der Waals surface area contributed by atoms with E-state index in [2.05, 4.69) is 5.32 Å². The van der Waals surface area contributed by atoms with Crippen LogP contribution in [0.5, 0.6) is 11.5 Å². The lowest BCUT2D eigenvalue weighted by Gasteiger charge is -2.23. The molecule has 0 saturated heterocycles. The molecule has 172 valence electrons. The summed E-state index contributed by atoms with van der Waals surface area (Å²) in [5, 5.41) is 13.9. The van der Waals surface area contributed by atoms with Gasteiger partial charge in [-0.25, -0.2) is 8.42 Å². The molecule has 0 bridgehead atoms. The van der Waals surface area contributed by atoms with Crippen molar-refractivity contribution in [3.8, 4) is 11.5 Å². The number of nitrogens with one attached hydrogen (secondary N) is 1. The Morgan fingerprint density at radius 2 is 1.91 bits per heavy atom. The SMILES string of the molecule is CC(NC(=O)CCCN(c1cccc([N+](=O)[O-])c1)S(C)(=O)=O)c1ccc2c(c1)OCCO2. The van der Waals surface area contributed by atoms with Crippen molar-refractivity contribution in [2.75, 3.05) is 30.3 Å². The van der Waals surface area contributed by atoms with Crippen LogP contribution in [-0.4, -0.2) is 45.3 Å². The van der Waals surface area contributed by atoms with Crippen LogP contribution in [0.25, 0.3) is 0 Å². The fourth-order valence-corrected chi connectivity index (χ4v) is 4.31. The molecule has 1 unspecified atom stereocenters. The summed E-state index contributed by atoms with van der Waals surface area (Å²) in [5.41, 5.74) is 0.839. The maximum Gasteiger partial charge on any atom is 0.271 e. The van der Waals surface area contributed by atoms with Gasteiger partial charge in [-0.2, -0.15) is 0 Å². The number of benzene rings is 2. The molecule has 0 saturated carbocycles. The number of anilines is 1. The van der Waals surface area contributed by atoms with E-state index >= 15 is 0 Å². The first-order valence-corrected chi connectivity index (χ1v) is 11.9. The van der Waals surface area contributed by atoms with Crippen molar-refractivity contribution >= 4 is 27.3 Å². The van der Waals surface area contributed by atoms with Crippen LogP contribution in [0.3, 0.4) is 0 Å². The number of carbonyl (C=O) groups is 1. The molecule has 1 heterocycles. The van der Waals surface area contributed by atoms with Crippen molar-refractivity contribution in [3.05, 3.63) is 58.1 Å². The predicted molar refractivity (Wildman–Crippen MR) is 119 cm³/mol. The summed E-state index contributed by atoms with van der Waals surface area (Å²) in [5.74, 6) is 1.07. The molecular weight excluding hydrogens is 438 g/mol. The smallest absolute Gasteiger partial charge is 0.271 e. The average Bonchev–Trinajstić information content (AvgIpc) is 2.75. The third-order valence-corrected chi connectivity index (χ3v) is 6.13. The fourth-order valence-electron chi connectivity index (χ4n) is 3.36. The van der Waals surface area contributed by atoms with Gasteiger partial charge in [0.25, 0.3) is 5.69 Å². The molecule has 2 aromatic carbocycles. The zero-order valence-electron chi connectivity index (χ0n) is 17.8. The normalized spacial score (nSPS) is 13.8. The molecule has 11 heteroatoms. The number of amides is 1. The number of nitrogens with zero attached hydrogens (tertiary/aromatic N) is 2. The summed E-state index contributed by atoms with van der Waals surface area (Å²) in [4.78, 5) is 22.8. The van der Waals surface area contributed by atoms with E-state index in [-0.39, 0.29) is 42.7 Å². The third-order valence-electron chi connectivity index (χ3n) is 4.94. The summed E-state index contributed by atoms with van der Waals surface area (Å²) < 4.78 is 36.5. The quantitative estimate of drug-likeness (QED) is 0.447. The van der Waals surface area contributed by atoms with Crippen LogP contribution in [0.2, 0.25) is 0 Å². The van der Waals surface area contributed by atoms with Gasteiger partial charge in [-0.3, -0.25) is 19.2 Å². The molecule has 3 rings (SSSR count). The molecule has 1 atom stereocenters. The van der Waals surface area contributed by atoms with E-state index in [0.717, 1.165) is 16.1 Å². The highest BCUT2D eigenvalue weighted by Gasteiger charge is 2.20. The first kappa shape index (κ1) is 23.3. The minimum Gasteiger partial charge on any atom is -0.486 e. The first-order chi connectivity index (χ1) is 15.1. The number of fused-ring (bicyclic) bond motifs is 1. The Hall–Kier alpha value is -3.34. The van der Waals surface area contributed by atoms with E-state index in [1.54, 1.807) is 6.07 Å². The number of nitro groups is 1. The fraction of sp³-hybridized carbons (Fsp3) is 0.381. The maximum absolute atomic E-state index is 12.4. The van der Waals surface area contributed by atoms with Gasteiger partial charge in [0.2, 0.25) is 15.9 Å². The van der Waals surface area contributed by atoms with E-state index < -0.39 is 14.9 Å². The number of rotatable bonds is 9. The molecule has 32 heavy (non-hydrogen) atoms. The zero-order chi connectivity index (χ0) is 23.3. The molecule has 0 radical (unpaired) electrons. The van der Waals surface area contributed by atoms with Gasteiger partial charge >= 0.3 is 0 Å².